The number of esters is 1. The van der Waals surface area contributed by atoms with E-state index in [2.05, 4.69) is 21.9 Å². The number of methoxy groups -OCH3 is 1. The molecule has 0 N–H and O–H groups in total. The number of benzene rings is 1. The summed E-state index contributed by atoms with van der Waals surface area (Å²) in [6, 6.07) is 11.5. The second-order valence-corrected chi connectivity index (χ2v) is 6.00. The Balaban J connectivity index is 1.36. The Hall–Kier alpha value is -2.47. The van der Waals surface area contributed by atoms with Crippen LogP contribution in [0.4, 0.5) is 5.69 Å². The lowest BCUT2D eigenvalue weighted by molar-refractivity contribution is 0.0451. The number of hydrogen-bond acceptors (Lipinski definition) is 6. The SMILES string of the molecule is COc1cccc(N2CCN(CCCOC(=O)c3ccco3)CC2)c1. The van der Waals surface area contributed by atoms with E-state index in [1.807, 2.05) is 12.1 Å². The van der Waals surface area contributed by atoms with Gasteiger partial charge in [-0.25, -0.2) is 4.79 Å². The number of nitrogens with zero attached hydrogens (tertiary/aromatic N) is 2. The molecule has 1 aromatic carbocycles. The van der Waals surface area contributed by atoms with Crippen LogP contribution in [0.3, 0.4) is 0 Å². The lowest BCUT2D eigenvalue weighted by atomic mass is 10.2. The van der Waals surface area contributed by atoms with Gasteiger partial charge in [0.15, 0.2) is 0 Å². The fourth-order valence-corrected chi connectivity index (χ4v) is 2.96. The fraction of sp³-hybridized carbons (Fsp3) is 0.421. The molecule has 1 aliphatic heterocycles. The molecule has 2 aromatic rings. The van der Waals surface area contributed by atoms with Crippen molar-refractivity contribution < 1.29 is 18.7 Å². The van der Waals surface area contributed by atoms with E-state index in [1.165, 1.54) is 12.0 Å². The van der Waals surface area contributed by atoms with Crippen molar-refractivity contribution in [1.29, 1.82) is 0 Å². The van der Waals surface area contributed by atoms with Gasteiger partial charge in [-0.15, -0.1) is 0 Å². The highest BCUT2D eigenvalue weighted by atomic mass is 16.5. The maximum atomic E-state index is 11.7. The molecule has 0 saturated carbocycles. The van der Waals surface area contributed by atoms with Crippen LogP contribution in [0.5, 0.6) is 5.75 Å². The molecule has 1 aliphatic rings. The number of carbonyl (C=O) groups excluding carboxylic acids is 1. The molecule has 0 bridgehead atoms. The molecule has 3 rings (SSSR count). The first-order valence-corrected chi connectivity index (χ1v) is 8.58. The van der Waals surface area contributed by atoms with Crippen LogP contribution < -0.4 is 9.64 Å². The average Bonchev–Trinajstić information content (AvgIpc) is 3.20. The Morgan fingerprint density at radius 2 is 2.00 bits per heavy atom. The lowest BCUT2D eigenvalue weighted by Crippen LogP contribution is -2.46. The van der Waals surface area contributed by atoms with Gasteiger partial charge in [0.2, 0.25) is 5.76 Å². The van der Waals surface area contributed by atoms with E-state index in [4.69, 9.17) is 13.9 Å². The Kier molecular flexibility index (Phi) is 5.95. The van der Waals surface area contributed by atoms with E-state index < -0.39 is 5.97 Å². The van der Waals surface area contributed by atoms with E-state index in [9.17, 15) is 4.79 Å². The molecule has 0 unspecified atom stereocenters. The number of rotatable bonds is 7. The normalized spacial score (nSPS) is 15.2. The van der Waals surface area contributed by atoms with E-state index in [-0.39, 0.29) is 5.76 Å². The highest BCUT2D eigenvalue weighted by Gasteiger charge is 2.17. The van der Waals surface area contributed by atoms with Crippen molar-refractivity contribution in [2.75, 3.05) is 51.3 Å². The molecule has 1 fully saturated rings. The number of hydrogen-bond donors (Lipinski definition) is 0. The number of piperazine rings is 1. The van der Waals surface area contributed by atoms with Crippen LogP contribution in [-0.4, -0.2) is 57.3 Å². The summed E-state index contributed by atoms with van der Waals surface area (Å²) in [6.07, 6.45) is 2.30. The Morgan fingerprint density at radius 1 is 1.16 bits per heavy atom. The average molecular weight is 344 g/mol. The maximum Gasteiger partial charge on any atom is 0.374 e. The minimum absolute atomic E-state index is 0.256. The van der Waals surface area contributed by atoms with Gasteiger partial charge in [-0.1, -0.05) is 6.07 Å². The Labute approximate surface area is 147 Å². The summed E-state index contributed by atoms with van der Waals surface area (Å²) in [5, 5.41) is 0. The lowest BCUT2D eigenvalue weighted by Gasteiger charge is -2.36. The summed E-state index contributed by atoms with van der Waals surface area (Å²) in [6.45, 7) is 5.32. The summed E-state index contributed by atoms with van der Waals surface area (Å²) in [5.41, 5.74) is 1.20. The molecule has 6 heteroatoms. The minimum atomic E-state index is -0.396. The first-order valence-electron chi connectivity index (χ1n) is 8.58. The van der Waals surface area contributed by atoms with Crippen LogP contribution >= 0.6 is 0 Å². The van der Waals surface area contributed by atoms with Crippen LogP contribution in [0.1, 0.15) is 17.0 Å². The van der Waals surface area contributed by atoms with Crippen LogP contribution in [0, 0.1) is 0 Å². The van der Waals surface area contributed by atoms with Crippen molar-refractivity contribution in [2.24, 2.45) is 0 Å². The first-order chi connectivity index (χ1) is 12.3. The predicted octanol–water partition coefficient (Wildman–Crippen LogP) is 2.66. The van der Waals surface area contributed by atoms with Gasteiger partial charge in [-0.2, -0.15) is 0 Å². The number of ether oxygens (including phenoxy) is 2. The van der Waals surface area contributed by atoms with Crippen molar-refractivity contribution in [1.82, 2.24) is 4.90 Å². The molecular formula is C19H24N2O4. The van der Waals surface area contributed by atoms with Gasteiger partial charge in [0.05, 0.1) is 20.0 Å². The summed E-state index contributed by atoms with van der Waals surface area (Å²) in [4.78, 5) is 16.4. The van der Waals surface area contributed by atoms with Crippen molar-refractivity contribution in [3.8, 4) is 5.75 Å². The van der Waals surface area contributed by atoms with Crippen LogP contribution in [0.2, 0.25) is 0 Å². The standard InChI is InChI=1S/C19H24N2O4/c1-23-17-6-2-5-16(15-17)21-11-9-20(10-12-21)8-4-14-25-19(22)18-7-3-13-24-18/h2-3,5-7,13,15H,4,8-12,14H2,1H3. The molecule has 1 saturated heterocycles. The first kappa shape index (κ1) is 17.4. The number of carbonyl (C=O) groups is 1. The van der Waals surface area contributed by atoms with Crippen LogP contribution in [0.25, 0.3) is 0 Å². The van der Waals surface area contributed by atoms with Crippen molar-refractivity contribution >= 4 is 11.7 Å². The minimum Gasteiger partial charge on any atom is -0.497 e. The predicted molar refractivity (Wildman–Crippen MR) is 95.3 cm³/mol. The second kappa shape index (κ2) is 8.58. The molecule has 25 heavy (non-hydrogen) atoms. The molecule has 6 nitrogen and oxygen atoms in total. The number of furan rings is 1. The zero-order valence-electron chi connectivity index (χ0n) is 14.5. The molecule has 0 amide bonds. The zero-order valence-corrected chi connectivity index (χ0v) is 14.5. The smallest absolute Gasteiger partial charge is 0.374 e. The molecular weight excluding hydrogens is 320 g/mol. The fourth-order valence-electron chi connectivity index (χ4n) is 2.96. The summed E-state index contributed by atoms with van der Waals surface area (Å²) in [5.74, 6) is 0.748. The van der Waals surface area contributed by atoms with Crippen molar-refractivity contribution in [3.05, 3.63) is 48.4 Å². The quantitative estimate of drug-likeness (QED) is 0.569. The monoisotopic (exact) mass is 344 g/mol. The highest BCUT2D eigenvalue weighted by molar-refractivity contribution is 5.86. The molecule has 0 radical (unpaired) electrons. The van der Waals surface area contributed by atoms with Gasteiger partial charge in [-0.05, 0) is 30.7 Å². The van der Waals surface area contributed by atoms with Crippen LogP contribution in [0.15, 0.2) is 47.1 Å². The maximum absolute atomic E-state index is 11.7. The van der Waals surface area contributed by atoms with Gasteiger partial charge >= 0.3 is 5.97 Å². The summed E-state index contributed by atoms with van der Waals surface area (Å²) in [7, 11) is 1.69. The Bertz CT molecular complexity index is 664. The van der Waals surface area contributed by atoms with Crippen molar-refractivity contribution in [2.45, 2.75) is 6.42 Å². The zero-order chi connectivity index (χ0) is 17.5. The van der Waals surface area contributed by atoms with E-state index in [0.717, 1.165) is 44.9 Å². The van der Waals surface area contributed by atoms with Crippen molar-refractivity contribution in [3.63, 3.8) is 0 Å². The van der Waals surface area contributed by atoms with Gasteiger partial charge in [0.1, 0.15) is 5.75 Å². The van der Waals surface area contributed by atoms with E-state index in [1.54, 1.807) is 19.2 Å². The summed E-state index contributed by atoms with van der Waals surface area (Å²) >= 11 is 0. The third-order valence-electron chi connectivity index (χ3n) is 4.36. The Morgan fingerprint density at radius 3 is 2.72 bits per heavy atom. The van der Waals surface area contributed by atoms with E-state index >= 15 is 0 Å². The molecule has 1 aromatic heterocycles. The van der Waals surface area contributed by atoms with Gasteiger partial charge < -0.3 is 18.8 Å². The van der Waals surface area contributed by atoms with Crippen LogP contribution in [-0.2, 0) is 4.74 Å². The van der Waals surface area contributed by atoms with Gasteiger partial charge in [0.25, 0.3) is 0 Å². The molecule has 134 valence electrons. The second-order valence-electron chi connectivity index (χ2n) is 6.00. The molecule has 0 spiro atoms. The molecule has 2 heterocycles. The third kappa shape index (κ3) is 4.76. The topological polar surface area (TPSA) is 55.2 Å². The number of anilines is 1. The highest BCUT2D eigenvalue weighted by Crippen LogP contribution is 2.22. The van der Waals surface area contributed by atoms with Gasteiger partial charge in [0, 0.05) is 44.5 Å². The molecule has 0 atom stereocenters. The third-order valence-corrected chi connectivity index (χ3v) is 4.36. The largest absolute Gasteiger partial charge is 0.497 e. The van der Waals surface area contributed by atoms with E-state index in [0.29, 0.717) is 6.61 Å². The molecule has 0 aliphatic carbocycles. The van der Waals surface area contributed by atoms with Gasteiger partial charge in [-0.3, -0.25) is 4.90 Å². The summed E-state index contributed by atoms with van der Waals surface area (Å²) < 4.78 is 15.5.